The molecule has 0 saturated carbocycles. The fraction of sp³-hybridized carbons (Fsp3) is 0.190. The Hall–Kier alpha value is -3.46. The molecule has 0 spiro atoms. The fourth-order valence-electron chi connectivity index (χ4n) is 2.58. The molecule has 1 amide bonds. The molecule has 0 aliphatic rings. The quantitative estimate of drug-likeness (QED) is 0.549. The highest BCUT2D eigenvalue weighted by molar-refractivity contribution is 7.14. The molecule has 3 rings (SSSR count). The van der Waals surface area contributed by atoms with E-state index < -0.39 is 18.5 Å². The van der Waals surface area contributed by atoms with Gasteiger partial charge in [-0.3, -0.25) is 14.9 Å². The van der Waals surface area contributed by atoms with Crippen molar-refractivity contribution in [2.24, 2.45) is 0 Å². The van der Waals surface area contributed by atoms with Gasteiger partial charge in [-0.05, 0) is 35.9 Å². The number of amides is 1. The summed E-state index contributed by atoms with van der Waals surface area (Å²) in [4.78, 5) is 28.2. The minimum Gasteiger partial charge on any atom is -0.493 e. The molecule has 0 bridgehead atoms. The zero-order chi connectivity index (χ0) is 21.5. The van der Waals surface area contributed by atoms with Crippen molar-refractivity contribution in [3.8, 4) is 22.8 Å². The fourth-order valence-corrected chi connectivity index (χ4v) is 3.32. The maximum atomic E-state index is 12.9. The van der Waals surface area contributed by atoms with Gasteiger partial charge in [0.05, 0.1) is 26.3 Å². The summed E-state index contributed by atoms with van der Waals surface area (Å²) in [5.74, 6) is -0.297. The number of hydrogen-bond donors (Lipinski definition) is 1. The lowest BCUT2D eigenvalue weighted by molar-refractivity contribution is -0.146. The van der Waals surface area contributed by atoms with Crippen LogP contribution < -0.4 is 14.8 Å². The van der Waals surface area contributed by atoms with Crippen LogP contribution in [0.1, 0.15) is 5.56 Å². The van der Waals surface area contributed by atoms with Crippen LogP contribution in [0.5, 0.6) is 11.5 Å². The lowest BCUT2D eigenvalue weighted by Gasteiger charge is -2.08. The highest BCUT2D eigenvalue weighted by Gasteiger charge is 2.13. The van der Waals surface area contributed by atoms with E-state index in [9.17, 15) is 14.0 Å². The molecule has 7 nitrogen and oxygen atoms in total. The lowest BCUT2D eigenvalue weighted by Crippen LogP contribution is -2.21. The molecule has 156 valence electrons. The molecular formula is C21H19FN2O5S. The summed E-state index contributed by atoms with van der Waals surface area (Å²) in [6.45, 7) is -0.439. The molecule has 0 unspecified atom stereocenters. The summed E-state index contributed by atoms with van der Waals surface area (Å²) in [7, 11) is 3.10. The molecule has 1 heterocycles. The number of nitrogens with one attached hydrogen (secondary N) is 1. The molecule has 0 atom stereocenters. The molecular weight excluding hydrogens is 411 g/mol. The Labute approximate surface area is 176 Å². The van der Waals surface area contributed by atoms with Crippen molar-refractivity contribution in [1.29, 1.82) is 0 Å². The van der Waals surface area contributed by atoms with Gasteiger partial charge in [-0.25, -0.2) is 9.37 Å². The van der Waals surface area contributed by atoms with Gasteiger partial charge in [0.1, 0.15) is 5.82 Å². The molecule has 9 heteroatoms. The Balaban J connectivity index is 1.53. The van der Waals surface area contributed by atoms with Crippen LogP contribution in [0.25, 0.3) is 11.3 Å². The standard InChI is InChI=1S/C21H19FN2O5S/c1-27-17-8-5-14(10-18(17)28-2)16-12-30-21(23-16)24-19(25)11-29-20(26)9-13-3-6-15(22)7-4-13/h3-8,10,12H,9,11H2,1-2H3,(H,23,24,25). The second-order valence-electron chi connectivity index (χ2n) is 6.12. The van der Waals surface area contributed by atoms with Crippen molar-refractivity contribution in [2.45, 2.75) is 6.42 Å². The Morgan fingerprint density at radius 1 is 1.07 bits per heavy atom. The second-order valence-corrected chi connectivity index (χ2v) is 6.98. The van der Waals surface area contributed by atoms with E-state index in [0.717, 1.165) is 5.56 Å². The number of ether oxygens (including phenoxy) is 3. The van der Waals surface area contributed by atoms with Gasteiger partial charge in [0.25, 0.3) is 5.91 Å². The Morgan fingerprint density at radius 3 is 2.50 bits per heavy atom. The largest absolute Gasteiger partial charge is 0.493 e. The third kappa shape index (κ3) is 5.54. The van der Waals surface area contributed by atoms with Gasteiger partial charge in [0, 0.05) is 10.9 Å². The number of rotatable bonds is 8. The zero-order valence-electron chi connectivity index (χ0n) is 16.3. The van der Waals surface area contributed by atoms with E-state index in [1.165, 1.54) is 35.6 Å². The molecule has 0 aliphatic heterocycles. The minimum absolute atomic E-state index is 0.0474. The summed E-state index contributed by atoms with van der Waals surface area (Å²) in [6.07, 6.45) is -0.0474. The maximum Gasteiger partial charge on any atom is 0.310 e. The van der Waals surface area contributed by atoms with E-state index in [4.69, 9.17) is 14.2 Å². The van der Waals surface area contributed by atoms with E-state index in [0.29, 0.717) is 27.9 Å². The van der Waals surface area contributed by atoms with Gasteiger partial charge in [0.2, 0.25) is 0 Å². The lowest BCUT2D eigenvalue weighted by atomic mass is 10.1. The third-order valence-electron chi connectivity index (χ3n) is 4.06. The molecule has 0 fully saturated rings. The number of hydrogen-bond acceptors (Lipinski definition) is 7. The van der Waals surface area contributed by atoms with E-state index >= 15 is 0 Å². The molecule has 0 radical (unpaired) electrons. The maximum absolute atomic E-state index is 12.9. The summed E-state index contributed by atoms with van der Waals surface area (Å²) >= 11 is 1.24. The molecule has 0 aliphatic carbocycles. The van der Waals surface area contributed by atoms with Crippen LogP contribution in [0.2, 0.25) is 0 Å². The van der Waals surface area contributed by atoms with Crippen molar-refractivity contribution in [1.82, 2.24) is 4.98 Å². The van der Waals surface area contributed by atoms with Crippen LogP contribution in [-0.4, -0.2) is 37.7 Å². The third-order valence-corrected chi connectivity index (χ3v) is 4.81. The number of halogens is 1. The van der Waals surface area contributed by atoms with Gasteiger partial charge in [-0.15, -0.1) is 11.3 Å². The summed E-state index contributed by atoms with van der Waals surface area (Å²) in [5, 5.41) is 4.76. The highest BCUT2D eigenvalue weighted by Crippen LogP contribution is 2.33. The first-order valence-electron chi connectivity index (χ1n) is 8.86. The predicted octanol–water partition coefficient (Wildman–Crippen LogP) is 3.69. The number of nitrogens with zero attached hydrogens (tertiary/aromatic N) is 1. The molecule has 0 saturated heterocycles. The van der Waals surface area contributed by atoms with E-state index in [1.807, 2.05) is 6.07 Å². The minimum atomic E-state index is -0.582. The van der Waals surface area contributed by atoms with Crippen LogP contribution in [0.4, 0.5) is 9.52 Å². The summed E-state index contributed by atoms with van der Waals surface area (Å²) in [5.41, 5.74) is 2.06. The van der Waals surface area contributed by atoms with E-state index in [-0.39, 0.29) is 12.2 Å². The molecule has 30 heavy (non-hydrogen) atoms. The number of benzene rings is 2. The van der Waals surface area contributed by atoms with Crippen LogP contribution in [0.3, 0.4) is 0 Å². The first-order valence-corrected chi connectivity index (χ1v) is 9.74. The normalized spacial score (nSPS) is 10.4. The van der Waals surface area contributed by atoms with E-state index in [2.05, 4.69) is 10.3 Å². The van der Waals surface area contributed by atoms with Crippen molar-refractivity contribution in [2.75, 3.05) is 26.1 Å². The second kappa shape index (κ2) is 9.84. The number of carbonyl (C=O) groups is 2. The van der Waals surface area contributed by atoms with Gasteiger partial charge in [0.15, 0.2) is 23.2 Å². The number of anilines is 1. The molecule has 2 aromatic carbocycles. The molecule has 3 aromatic rings. The summed E-state index contributed by atoms with van der Waals surface area (Å²) in [6, 6.07) is 10.9. The SMILES string of the molecule is COc1ccc(-c2csc(NC(=O)COC(=O)Cc3ccc(F)cc3)n2)cc1OC. The highest BCUT2D eigenvalue weighted by atomic mass is 32.1. The van der Waals surface area contributed by atoms with Crippen molar-refractivity contribution < 1.29 is 28.2 Å². The van der Waals surface area contributed by atoms with Crippen LogP contribution in [-0.2, 0) is 20.7 Å². The zero-order valence-corrected chi connectivity index (χ0v) is 17.1. The number of thiazole rings is 1. The van der Waals surface area contributed by atoms with Crippen LogP contribution >= 0.6 is 11.3 Å². The first kappa shape index (κ1) is 21.3. The molecule has 1 aromatic heterocycles. The average Bonchev–Trinajstić information content (AvgIpc) is 3.21. The Kier molecular flexibility index (Phi) is 6.97. The van der Waals surface area contributed by atoms with Gasteiger partial charge in [-0.1, -0.05) is 12.1 Å². The molecule has 1 N–H and O–H groups in total. The number of aromatic nitrogens is 1. The average molecular weight is 430 g/mol. The van der Waals surface area contributed by atoms with Gasteiger partial charge >= 0.3 is 5.97 Å². The Morgan fingerprint density at radius 2 is 1.80 bits per heavy atom. The number of methoxy groups -OCH3 is 2. The monoisotopic (exact) mass is 430 g/mol. The van der Waals surface area contributed by atoms with E-state index in [1.54, 1.807) is 31.7 Å². The van der Waals surface area contributed by atoms with Crippen molar-refractivity contribution >= 4 is 28.3 Å². The van der Waals surface area contributed by atoms with Gasteiger partial charge < -0.3 is 14.2 Å². The van der Waals surface area contributed by atoms with Crippen molar-refractivity contribution in [3.05, 3.63) is 59.2 Å². The van der Waals surface area contributed by atoms with Crippen molar-refractivity contribution in [3.63, 3.8) is 0 Å². The van der Waals surface area contributed by atoms with Crippen LogP contribution in [0, 0.1) is 5.82 Å². The van der Waals surface area contributed by atoms with Gasteiger partial charge in [-0.2, -0.15) is 0 Å². The first-order chi connectivity index (χ1) is 14.5. The predicted molar refractivity (Wildman–Crippen MR) is 110 cm³/mol. The number of esters is 1. The van der Waals surface area contributed by atoms with Crippen LogP contribution in [0.15, 0.2) is 47.8 Å². The smallest absolute Gasteiger partial charge is 0.310 e. The Bertz CT molecular complexity index is 1040. The number of carbonyl (C=O) groups excluding carboxylic acids is 2. The summed E-state index contributed by atoms with van der Waals surface area (Å²) < 4.78 is 28.3. The topological polar surface area (TPSA) is 86.8 Å².